The van der Waals surface area contributed by atoms with E-state index < -0.39 is 0 Å². The fraction of sp³-hybridized carbons (Fsp3) is 0.286. The summed E-state index contributed by atoms with van der Waals surface area (Å²) in [4.78, 5) is 0. The van der Waals surface area contributed by atoms with E-state index in [4.69, 9.17) is 19.6 Å². The fourth-order valence-electron chi connectivity index (χ4n) is 1.73. The zero-order valence-electron chi connectivity index (χ0n) is 10.6. The second-order valence-electron chi connectivity index (χ2n) is 3.94. The molecular formula is C14H17NO3. The SMILES string of the molecule is COc1ccccc1OCc1cc(CN)oc1C. The number of ether oxygens (including phenoxy) is 2. The van der Waals surface area contributed by atoms with Crippen LogP contribution in [0.2, 0.25) is 0 Å². The quantitative estimate of drug-likeness (QED) is 0.882. The third kappa shape index (κ3) is 2.65. The second kappa shape index (κ2) is 5.60. The Kier molecular flexibility index (Phi) is 3.89. The summed E-state index contributed by atoms with van der Waals surface area (Å²) in [6.45, 7) is 2.74. The second-order valence-corrected chi connectivity index (χ2v) is 3.94. The van der Waals surface area contributed by atoms with Crippen molar-refractivity contribution in [3.05, 3.63) is 47.4 Å². The molecule has 2 aromatic rings. The summed E-state index contributed by atoms with van der Waals surface area (Å²) in [6.07, 6.45) is 0. The molecule has 1 aromatic carbocycles. The number of furan rings is 1. The molecule has 0 amide bonds. The maximum absolute atomic E-state index is 5.73. The Morgan fingerprint density at radius 2 is 1.94 bits per heavy atom. The number of methoxy groups -OCH3 is 1. The largest absolute Gasteiger partial charge is 0.493 e. The highest BCUT2D eigenvalue weighted by molar-refractivity contribution is 5.39. The first-order valence-corrected chi connectivity index (χ1v) is 5.78. The van der Waals surface area contributed by atoms with E-state index in [1.54, 1.807) is 7.11 Å². The molecule has 18 heavy (non-hydrogen) atoms. The monoisotopic (exact) mass is 247 g/mol. The molecule has 4 nitrogen and oxygen atoms in total. The van der Waals surface area contributed by atoms with Crippen LogP contribution in [0.1, 0.15) is 17.1 Å². The van der Waals surface area contributed by atoms with Gasteiger partial charge >= 0.3 is 0 Å². The summed E-state index contributed by atoms with van der Waals surface area (Å²) in [5, 5.41) is 0. The van der Waals surface area contributed by atoms with Crippen molar-refractivity contribution < 1.29 is 13.9 Å². The molecule has 1 aromatic heterocycles. The Balaban J connectivity index is 2.08. The molecule has 1 heterocycles. The third-order valence-corrected chi connectivity index (χ3v) is 2.73. The summed E-state index contributed by atoms with van der Waals surface area (Å²) in [5.41, 5.74) is 6.53. The zero-order valence-corrected chi connectivity index (χ0v) is 10.6. The molecular weight excluding hydrogens is 230 g/mol. The zero-order chi connectivity index (χ0) is 13.0. The van der Waals surface area contributed by atoms with E-state index >= 15 is 0 Å². The van der Waals surface area contributed by atoms with Gasteiger partial charge in [0.1, 0.15) is 18.1 Å². The molecule has 2 rings (SSSR count). The van der Waals surface area contributed by atoms with Gasteiger partial charge in [-0.05, 0) is 25.1 Å². The highest BCUT2D eigenvalue weighted by Gasteiger charge is 2.08. The molecule has 4 heteroatoms. The molecule has 0 aliphatic heterocycles. The first-order valence-electron chi connectivity index (χ1n) is 5.78. The van der Waals surface area contributed by atoms with Gasteiger partial charge in [0.15, 0.2) is 11.5 Å². The minimum Gasteiger partial charge on any atom is -0.493 e. The lowest BCUT2D eigenvalue weighted by Crippen LogP contribution is -1.98. The van der Waals surface area contributed by atoms with Crippen LogP contribution in [0, 0.1) is 6.92 Å². The molecule has 0 spiro atoms. The molecule has 0 saturated carbocycles. The molecule has 0 aliphatic carbocycles. The molecule has 0 radical (unpaired) electrons. The molecule has 0 fully saturated rings. The van der Waals surface area contributed by atoms with Gasteiger partial charge in [-0.1, -0.05) is 12.1 Å². The summed E-state index contributed by atoms with van der Waals surface area (Å²) in [7, 11) is 1.62. The van der Waals surface area contributed by atoms with Crippen molar-refractivity contribution in [1.82, 2.24) is 0 Å². The van der Waals surface area contributed by atoms with Crippen molar-refractivity contribution in [3.63, 3.8) is 0 Å². The van der Waals surface area contributed by atoms with Gasteiger partial charge in [-0.3, -0.25) is 0 Å². The van der Waals surface area contributed by atoms with Crippen LogP contribution in [0.4, 0.5) is 0 Å². The standard InChI is InChI=1S/C14H17NO3/c1-10-11(7-12(8-15)18-10)9-17-14-6-4-3-5-13(14)16-2/h3-7H,8-9,15H2,1-2H3. The summed E-state index contributed by atoms with van der Waals surface area (Å²) in [6, 6.07) is 9.47. The van der Waals surface area contributed by atoms with Gasteiger partial charge in [0.25, 0.3) is 0 Å². The van der Waals surface area contributed by atoms with Crippen molar-refractivity contribution in [3.8, 4) is 11.5 Å². The van der Waals surface area contributed by atoms with Gasteiger partial charge in [-0.25, -0.2) is 0 Å². The third-order valence-electron chi connectivity index (χ3n) is 2.73. The van der Waals surface area contributed by atoms with E-state index in [0.29, 0.717) is 13.2 Å². The maximum Gasteiger partial charge on any atom is 0.161 e. The van der Waals surface area contributed by atoms with Crippen molar-refractivity contribution >= 4 is 0 Å². The molecule has 0 bridgehead atoms. The van der Waals surface area contributed by atoms with Gasteiger partial charge in [-0.2, -0.15) is 0 Å². The predicted octanol–water partition coefficient (Wildman–Crippen LogP) is 2.63. The van der Waals surface area contributed by atoms with Crippen molar-refractivity contribution in [2.45, 2.75) is 20.1 Å². The number of para-hydroxylation sites is 2. The number of rotatable bonds is 5. The van der Waals surface area contributed by atoms with Crippen LogP contribution in [0.5, 0.6) is 11.5 Å². The number of benzene rings is 1. The first-order chi connectivity index (χ1) is 8.74. The highest BCUT2D eigenvalue weighted by Crippen LogP contribution is 2.27. The van der Waals surface area contributed by atoms with Gasteiger partial charge in [0, 0.05) is 5.56 Å². The van der Waals surface area contributed by atoms with Crippen LogP contribution in [-0.2, 0) is 13.2 Å². The Morgan fingerprint density at radius 1 is 1.22 bits per heavy atom. The van der Waals surface area contributed by atoms with E-state index in [1.807, 2.05) is 37.3 Å². The normalized spacial score (nSPS) is 10.4. The van der Waals surface area contributed by atoms with Gasteiger partial charge in [0.05, 0.1) is 13.7 Å². The molecule has 0 atom stereocenters. The predicted molar refractivity (Wildman–Crippen MR) is 68.7 cm³/mol. The Morgan fingerprint density at radius 3 is 2.56 bits per heavy atom. The van der Waals surface area contributed by atoms with E-state index in [1.165, 1.54) is 0 Å². The smallest absolute Gasteiger partial charge is 0.161 e. The Labute approximate surface area is 106 Å². The number of nitrogens with two attached hydrogens (primary N) is 1. The van der Waals surface area contributed by atoms with Crippen LogP contribution in [0.15, 0.2) is 34.7 Å². The average Bonchev–Trinajstić information content (AvgIpc) is 2.77. The van der Waals surface area contributed by atoms with Crippen molar-refractivity contribution in [1.29, 1.82) is 0 Å². The fourth-order valence-corrected chi connectivity index (χ4v) is 1.73. The van der Waals surface area contributed by atoms with E-state index in [9.17, 15) is 0 Å². The topological polar surface area (TPSA) is 57.6 Å². The average molecular weight is 247 g/mol. The maximum atomic E-state index is 5.73. The van der Waals surface area contributed by atoms with Gasteiger partial charge in [0.2, 0.25) is 0 Å². The summed E-state index contributed by atoms with van der Waals surface area (Å²) >= 11 is 0. The Hall–Kier alpha value is -1.94. The lowest BCUT2D eigenvalue weighted by Gasteiger charge is -2.09. The van der Waals surface area contributed by atoms with Crippen LogP contribution in [0.25, 0.3) is 0 Å². The molecule has 0 aliphatic rings. The van der Waals surface area contributed by atoms with Crippen molar-refractivity contribution in [2.75, 3.05) is 7.11 Å². The van der Waals surface area contributed by atoms with Crippen LogP contribution >= 0.6 is 0 Å². The number of hydrogen-bond donors (Lipinski definition) is 1. The van der Waals surface area contributed by atoms with Crippen LogP contribution < -0.4 is 15.2 Å². The minimum atomic E-state index is 0.398. The van der Waals surface area contributed by atoms with Crippen LogP contribution in [-0.4, -0.2) is 7.11 Å². The highest BCUT2D eigenvalue weighted by atomic mass is 16.5. The van der Waals surface area contributed by atoms with Gasteiger partial charge in [-0.15, -0.1) is 0 Å². The number of hydrogen-bond acceptors (Lipinski definition) is 4. The van der Waals surface area contributed by atoms with E-state index in [0.717, 1.165) is 28.6 Å². The first kappa shape index (κ1) is 12.5. The molecule has 0 unspecified atom stereocenters. The lowest BCUT2D eigenvalue weighted by atomic mass is 10.2. The van der Waals surface area contributed by atoms with Crippen LogP contribution in [0.3, 0.4) is 0 Å². The van der Waals surface area contributed by atoms with Crippen molar-refractivity contribution in [2.24, 2.45) is 5.73 Å². The minimum absolute atomic E-state index is 0.398. The molecule has 0 saturated heterocycles. The summed E-state index contributed by atoms with van der Waals surface area (Å²) < 4.78 is 16.4. The van der Waals surface area contributed by atoms with E-state index in [2.05, 4.69) is 0 Å². The Bertz CT molecular complexity index is 520. The van der Waals surface area contributed by atoms with E-state index in [-0.39, 0.29) is 0 Å². The number of aryl methyl sites for hydroxylation is 1. The van der Waals surface area contributed by atoms with Gasteiger partial charge < -0.3 is 19.6 Å². The molecule has 96 valence electrons. The molecule has 2 N–H and O–H groups in total. The summed E-state index contributed by atoms with van der Waals surface area (Å²) in [5.74, 6) is 3.05. The lowest BCUT2D eigenvalue weighted by molar-refractivity contribution is 0.282.